The zero-order valence-corrected chi connectivity index (χ0v) is 18.0. The maximum Gasteiger partial charge on any atom is 0.271 e. The number of rotatable bonds is 8. The Bertz CT molecular complexity index is 752. The first kappa shape index (κ1) is 20.1. The summed E-state index contributed by atoms with van der Waals surface area (Å²) < 4.78 is 2.04. The third kappa shape index (κ3) is 4.61. The van der Waals surface area contributed by atoms with Crippen molar-refractivity contribution in [3.8, 4) is 0 Å². The van der Waals surface area contributed by atoms with Gasteiger partial charge in [0.1, 0.15) is 5.69 Å². The molecule has 3 rings (SSSR count). The van der Waals surface area contributed by atoms with E-state index in [0.717, 1.165) is 13.1 Å². The molecule has 2 aromatic rings. The number of thiophene rings is 1. The number of aromatic nitrogens is 2. The molecule has 148 valence electrons. The van der Waals surface area contributed by atoms with Gasteiger partial charge in [-0.25, -0.2) is 0 Å². The van der Waals surface area contributed by atoms with Gasteiger partial charge in [0, 0.05) is 18.2 Å². The minimum Gasteiger partial charge on any atom is -0.349 e. The Labute approximate surface area is 166 Å². The number of carbonyl (C=O) groups excluding carboxylic acids is 1. The van der Waals surface area contributed by atoms with Gasteiger partial charge in [-0.2, -0.15) is 16.4 Å². The summed E-state index contributed by atoms with van der Waals surface area (Å²) in [4.78, 5) is 15.2. The minimum atomic E-state index is -0.114. The summed E-state index contributed by atoms with van der Waals surface area (Å²) >= 11 is 1.70. The third-order valence-corrected chi connectivity index (χ3v) is 5.94. The molecule has 1 saturated carbocycles. The first-order valence-corrected chi connectivity index (χ1v) is 10.9. The second-order valence-corrected chi connectivity index (χ2v) is 9.10. The van der Waals surface area contributed by atoms with E-state index in [1.54, 1.807) is 11.3 Å². The van der Waals surface area contributed by atoms with E-state index in [4.69, 9.17) is 0 Å². The molecule has 1 N–H and O–H groups in total. The molecule has 1 amide bonds. The Kier molecular flexibility index (Phi) is 6.06. The van der Waals surface area contributed by atoms with Crippen molar-refractivity contribution >= 4 is 17.2 Å². The topological polar surface area (TPSA) is 50.2 Å². The summed E-state index contributed by atoms with van der Waals surface area (Å²) in [6.45, 7) is 13.3. The van der Waals surface area contributed by atoms with Crippen LogP contribution < -0.4 is 5.32 Å². The van der Waals surface area contributed by atoms with Crippen LogP contribution in [-0.4, -0.2) is 40.2 Å². The Morgan fingerprint density at radius 3 is 2.59 bits per heavy atom. The molecule has 5 nitrogen and oxygen atoms in total. The van der Waals surface area contributed by atoms with Gasteiger partial charge in [0.25, 0.3) is 5.91 Å². The highest BCUT2D eigenvalue weighted by molar-refractivity contribution is 7.07. The van der Waals surface area contributed by atoms with Crippen LogP contribution in [0, 0.1) is 0 Å². The van der Waals surface area contributed by atoms with E-state index in [1.807, 2.05) is 10.7 Å². The van der Waals surface area contributed by atoms with Gasteiger partial charge in [0.2, 0.25) is 0 Å². The molecular weight excluding hydrogens is 356 g/mol. The van der Waals surface area contributed by atoms with Crippen molar-refractivity contribution in [2.24, 2.45) is 0 Å². The number of nitrogens with one attached hydrogen (secondary N) is 1. The SMILES string of the molecule is CCN(CC)C(CNC(=O)c1cc(C2CC2)n(C(C)(C)C)n1)c1ccsc1. The Morgan fingerprint density at radius 2 is 2.07 bits per heavy atom. The van der Waals surface area contributed by atoms with Crippen LogP contribution in [0.5, 0.6) is 0 Å². The van der Waals surface area contributed by atoms with Crippen molar-refractivity contribution in [1.82, 2.24) is 20.0 Å². The molecule has 2 heterocycles. The predicted molar refractivity (Wildman–Crippen MR) is 112 cm³/mol. The Morgan fingerprint density at radius 1 is 1.37 bits per heavy atom. The quantitative estimate of drug-likeness (QED) is 0.730. The molecule has 2 aromatic heterocycles. The van der Waals surface area contributed by atoms with Crippen molar-refractivity contribution < 1.29 is 4.79 Å². The van der Waals surface area contributed by atoms with Gasteiger partial charge in [-0.3, -0.25) is 14.4 Å². The maximum absolute atomic E-state index is 12.9. The molecule has 27 heavy (non-hydrogen) atoms. The van der Waals surface area contributed by atoms with Gasteiger partial charge in [-0.15, -0.1) is 0 Å². The van der Waals surface area contributed by atoms with Crippen LogP contribution in [0.1, 0.15) is 81.2 Å². The minimum absolute atomic E-state index is 0.0766. The number of nitrogens with zero attached hydrogens (tertiary/aromatic N) is 3. The molecule has 0 radical (unpaired) electrons. The van der Waals surface area contributed by atoms with Crippen LogP contribution in [0.15, 0.2) is 22.9 Å². The van der Waals surface area contributed by atoms with Gasteiger partial charge < -0.3 is 5.32 Å². The van der Waals surface area contributed by atoms with E-state index < -0.39 is 0 Å². The highest BCUT2D eigenvalue weighted by Gasteiger charge is 2.32. The predicted octanol–water partition coefficient (Wildman–Crippen LogP) is 4.39. The zero-order valence-electron chi connectivity index (χ0n) is 17.2. The van der Waals surface area contributed by atoms with Gasteiger partial charge in [-0.1, -0.05) is 13.8 Å². The van der Waals surface area contributed by atoms with E-state index >= 15 is 0 Å². The number of hydrogen-bond donors (Lipinski definition) is 1. The monoisotopic (exact) mass is 388 g/mol. The zero-order chi connectivity index (χ0) is 19.6. The molecule has 1 atom stereocenters. The summed E-state index contributed by atoms with van der Waals surface area (Å²) in [5.41, 5.74) is 2.89. The van der Waals surface area contributed by atoms with Crippen molar-refractivity contribution in [3.05, 3.63) is 39.8 Å². The summed E-state index contributed by atoms with van der Waals surface area (Å²) in [5.74, 6) is 0.486. The Balaban J connectivity index is 1.74. The van der Waals surface area contributed by atoms with E-state index in [1.165, 1.54) is 24.1 Å². The van der Waals surface area contributed by atoms with Crippen LogP contribution >= 0.6 is 11.3 Å². The fourth-order valence-corrected chi connectivity index (χ4v) is 4.29. The second-order valence-electron chi connectivity index (χ2n) is 8.32. The molecule has 0 spiro atoms. The summed E-state index contributed by atoms with van der Waals surface area (Å²) in [6, 6.07) is 4.34. The smallest absolute Gasteiger partial charge is 0.271 e. The van der Waals surface area contributed by atoms with Gasteiger partial charge in [0.05, 0.1) is 11.6 Å². The largest absolute Gasteiger partial charge is 0.349 e. The highest BCUT2D eigenvalue weighted by Crippen LogP contribution is 2.41. The van der Waals surface area contributed by atoms with Crippen molar-refractivity contribution in [1.29, 1.82) is 0 Å². The molecule has 0 bridgehead atoms. The maximum atomic E-state index is 12.9. The fourth-order valence-electron chi connectivity index (χ4n) is 3.58. The molecule has 1 unspecified atom stereocenters. The summed E-state index contributed by atoms with van der Waals surface area (Å²) in [6.07, 6.45) is 2.40. The standard InChI is InChI=1S/C21H32N4OS/c1-6-24(7-2)19(16-10-11-27-14-16)13-22-20(26)17-12-18(15-8-9-15)25(23-17)21(3,4)5/h10-12,14-15,19H,6-9,13H2,1-5H3,(H,22,26). The molecular formula is C21H32N4OS. The molecule has 0 saturated heterocycles. The van der Waals surface area contributed by atoms with Crippen molar-refractivity contribution in [2.45, 2.75) is 65.0 Å². The van der Waals surface area contributed by atoms with Gasteiger partial charge in [-0.05, 0) is 75.2 Å². The van der Waals surface area contributed by atoms with Crippen LogP contribution in [0.3, 0.4) is 0 Å². The Hall–Kier alpha value is -1.66. The van der Waals surface area contributed by atoms with Crippen molar-refractivity contribution in [3.63, 3.8) is 0 Å². The molecule has 1 aliphatic carbocycles. The molecule has 1 fully saturated rings. The first-order chi connectivity index (χ1) is 12.8. The molecule has 6 heteroatoms. The molecule has 0 aromatic carbocycles. The van der Waals surface area contributed by atoms with E-state index in [9.17, 15) is 4.79 Å². The fraction of sp³-hybridized carbons (Fsp3) is 0.619. The average Bonchev–Trinajstić information content (AvgIpc) is 3.14. The van der Waals surface area contributed by atoms with Crippen molar-refractivity contribution in [2.75, 3.05) is 19.6 Å². The number of amides is 1. The van der Waals surface area contributed by atoms with Crippen LogP contribution in [-0.2, 0) is 5.54 Å². The van der Waals surface area contributed by atoms with E-state index in [2.05, 4.69) is 66.8 Å². The lowest BCUT2D eigenvalue weighted by molar-refractivity contribution is 0.0928. The lowest BCUT2D eigenvalue weighted by Gasteiger charge is -2.29. The average molecular weight is 389 g/mol. The second kappa shape index (κ2) is 8.15. The number of hydrogen-bond acceptors (Lipinski definition) is 4. The summed E-state index contributed by atoms with van der Waals surface area (Å²) in [7, 11) is 0. The lowest BCUT2D eigenvalue weighted by Crippen LogP contribution is -2.38. The number of likely N-dealkylation sites (N-methyl/N-ethyl adjacent to an activating group) is 1. The van der Waals surface area contributed by atoms with Gasteiger partial charge in [0.15, 0.2) is 0 Å². The molecule has 0 aliphatic heterocycles. The molecule has 1 aliphatic rings. The van der Waals surface area contributed by atoms with Gasteiger partial charge >= 0.3 is 0 Å². The van der Waals surface area contributed by atoms with Crippen LogP contribution in [0.25, 0.3) is 0 Å². The third-order valence-electron chi connectivity index (χ3n) is 5.24. The van der Waals surface area contributed by atoms with E-state index in [0.29, 0.717) is 18.2 Å². The first-order valence-electron chi connectivity index (χ1n) is 9.99. The van der Waals surface area contributed by atoms with Crippen LogP contribution in [0.4, 0.5) is 0 Å². The number of carbonyl (C=O) groups is 1. The van der Waals surface area contributed by atoms with E-state index in [-0.39, 0.29) is 17.5 Å². The summed E-state index contributed by atoms with van der Waals surface area (Å²) in [5, 5.41) is 12.1. The normalized spacial score (nSPS) is 15.9. The van der Waals surface area contributed by atoms with Crippen LogP contribution in [0.2, 0.25) is 0 Å². The lowest BCUT2D eigenvalue weighted by atomic mass is 10.1. The highest BCUT2D eigenvalue weighted by atomic mass is 32.1.